The zero-order valence-corrected chi connectivity index (χ0v) is 28.4. The third-order valence-electron chi connectivity index (χ3n) is 8.57. The third-order valence-corrected chi connectivity index (χ3v) is 8.57. The fourth-order valence-corrected chi connectivity index (χ4v) is 5.67. The number of nitrogens with one attached hydrogen (secondary N) is 3. The Morgan fingerprint density at radius 2 is 1.54 bits per heavy atom. The molecule has 46 heavy (non-hydrogen) atoms. The highest BCUT2D eigenvalue weighted by Gasteiger charge is 2.28. The van der Waals surface area contributed by atoms with Gasteiger partial charge in [0.1, 0.15) is 5.75 Å². The van der Waals surface area contributed by atoms with Gasteiger partial charge in [-0.1, -0.05) is 63.2 Å². The molecule has 1 aliphatic rings. The minimum Gasteiger partial charge on any atom is -0.497 e. The topological polar surface area (TPSA) is 103 Å². The molecular weight excluding hydrogens is 576 g/mol. The van der Waals surface area contributed by atoms with Crippen LogP contribution in [-0.4, -0.2) is 62.4 Å². The van der Waals surface area contributed by atoms with Crippen molar-refractivity contribution in [2.45, 2.75) is 78.0 Å². The van der Waals surface area contributed by atoms with E-state index in [2.05, 4.69) is 55.5 Å². The second-order valence-electron chi connectivity index (χ2n) is 14.1. The Hall–Kier alpha value is -3.88. The van der Waals surface area contributed by atoms with E-state index >= 15 is 0 Å². The minimum atomic E-state index is -0.895. The van der Waals surface area contributed by atoms with Crippen LogP contribution < -0.4 is 25.6 Å². The Kier molecular flexibility index (Phi) is 11.9. The highest BCUT2D eigenvalue weighted by Crippen LogP contribution is 2.26. The van der Waals surface area contributed by atoms with Gasteiger partial charge in [-0.05, 0) is 86.4 Å². The number of piperidine rings is 1. The molecule has 4 rings (SSSR count). The summed E-state index contributed by atoms with van der Waals surface area (Å²) in [6, 6.07) is 22.5. The van der Waals surface area contributed by atoms with Crippen LogP contribution in [0.5, 0.6) is 5.75 Å². The maximum absolute atomic E-state index is 14.0. The highest BCUT2D eigenvalue weighted by molar-refractivity contribution is 6.01. The standard InChI is InChI=1S/C38H52N4O4/c1-37(2,3)26-39-35(44)28-21-29(23-31(22-28)42-18-11-8-12-19-42)36(45)41-33(20-27-14-9-7-10-15-27)34(43)25-40-38(4,5)30-16-13-17-32(24-30)46-6/h7,9-10,13-17,21-24,33-34,40,43H,8,11-12,18-20,25-26H2,1-6H3,(H,39,44)(H,41,45)/t33-,34+/m0/s1. The molecule has 8 nitrogen and oxygen atoms in total. The van der Waals surface area contributed by atoms with E-state index in [9.17, 15) is 14.7 Å². The number of ether oxygens (including phenoxy) is 1. The summed E-state index contributed by atoms with van der Waals surface area (Å²) < 4.78 is 5.41. The van der Waals surface area contributed by atoms with Gasteiger partial charge in [0, 0.05) is 48.5 Å². The number of nitrogens with zero attached hydrogens (tertiary/aromatic N) is 1. The van der Waals surface area contributed by atoms with E-state index in [1.807, 2.05) is 66.7 Å². The van der Waals surface area contributed by atoms with Crippen LogP contribution in [0, 0.1) is 5.41 Å². The largest absolute Gasteiger partial charge is 0.497 e. The summed E-state index contributed by atoms with van der Waals surface area (Å²) in [5.74, 6) is 0.240. The Morgan fingerprint density at radius 3 is 2.20 bits per heavy atom. The normalized spacial score (nSPS) is 15.2. The van der Waals surface area contributed by atoms with Gasteiger partial charge >= 0.3 is 0 Å². The van der Waals surface area contributed by atoms with Gasteiger partial charge in [-0.25, -0.2) is 0 Å². The van der Waals surface area contributed by atoms with Gasteiger partial charge in [0.2, 0.25) is 0 Å². The fraction of sp³-hybridized carbons (Fsp3) is 0.474. The van der Waals surface area contributed by atoms with Crippen LogP contribution >= 0.6 is 0 Å². The summed E-state index contributed by atoms with van der Waals surface area (Å²) in [6.45, 7) is 12.9. The van der Waals surface area contributed by atoms with Gasteiger partial charge < -0.3 is 30.7 Å². The molecule has 0 aliphatic carbocycles. The molecule has 248 valence electrons. The second kappa shape index (κ2) is 15.6. The first-order valence-electron chi connectivity index (χ1n) is 16.5. The van der Waals surface area contributed by atoms with Gasteiger partial charge in [0.05, 0.1) is 19.3 Å². The lowest BCUT2D eigenvalue weighted by molar-refractivity contribution is 0.0813. The molecule has 2 amide bonds. The summed E-state index contributed by atoms with van der Waals surface area (Å²) in [5.41, 5.74) is 3.22. The highest BCUT2D eigenvalue weighted by atomic mass is 16.5. The fourth-order valence-electron chi connectivity index (χ4n) is 5.67. The maximum Gasteiger partial charge on any atom is 0.251 e. The Labute approximate surface area is 274 Å². The molecule has 1 saturated heterocycles. The van der Waals surface area contributed by atoms with Crippen molar-refractivity contribution >= 4 is 17.5 Å². The Balaban J connectivity index is 1.57. The average Bonchev–Trinajstić information content (AvgIpc) is 3.06. The van der Waals surface area contributed by atoms with E-state index in [4.69, 9.17) is 4.74 Å². The van der Waals surface area contributed by atoms with Crippen LogP contribution in [0.3, 0.4) is 0 Å². The first-order valence-corrected chi connectivity index (χ1v) is 16.5. The van der Waals surface area contributed by atoms with Crippen molar-refractivity contribution in [2.75, 3.05) is 38.2 Å². The van der Waals surface area contributed by atoms with Crippen LogP contribution in [0.15, 0.2) is 72.8 Å². The molecule has 0 spiro atoms. The van der Waals surface area contributed by atoms with Crippen molar-refractivity contribution in [1.82, 2.24) is 16.0 Å². The molecular formula is C38H52N4O4. The molecule has 8 heteroatoms. The van der Waals surface area contributed by atoms with E-state index in [0.29, 0.717) is 24.1 Å². The monoisotopic (exact) mass is 628 g/mol. The Morgan fingerprint density at radius 1 is 0.870 bits per heavy atom. The summed E-state index contributed by atoms with van der Waals surface area (Å²) in [4.78, 5) is 29.5. The van der Waals surface area contributed by atoms with E-state index in [-0.39, 0.29) is 23.8 Å². The van der Waals surface area contributed by atoms with Crippen molar-refractivity contribution in [3.8, 4) is 5.75 Å². The van der Waals surface area contributed by atoms with Crippen LogP contribution in [0.2, 0.25) is 0 Å². The number of amides is 2. The van der Waals surface area contributed by atoms with Gasteiger partial charge in [0.25, 0.3) is 11.8 Å². The number of benzene rings is 3. The minimum absolute atomic E-state index is 0.0731. The molecule has 3 aromatic rings. The summed E-state index contributed by atoms with van der Waals surface area (Å²) in [7, 11) is 1.64. The number of hydrogen-bond donors (Lipinski definition) is 4. The Bertz CT molecular complexity index is 1440. The summed E-state index contributed by atoms with van der Waals surface area (Å²) in [5, 5.41) is 21.2. The van der Waals surface area contributed by atoms with Crippen molar-refractivity contribution < 1.29 is 19.4 Å². The second-order valence-corrected chi connectivity index (χ2v) is 14.1. The molecule has 4 N–H and O–H groups in total. The number of hydrogen-bond acceptors (Lipinski definition) is 6. The smallest absolute Gasteiger partial charge is 0.251 e. The number of carbonyl (C=O) groups excluding carboxylic acids is 2. The predicted molar refractivity (Wildman–Crippen MR) is 186 cm³/mol. The lowest BCUT2D eigenvalue weighted by Crippen LogP contribution is -2.51. The maximum atomic E-state index is 14.0. The number of methoxy groups -OCH3 is 1. The van der Waals surface area contributed by atoms with Crippen LogP contribution in [0.25, 0.3) is 0 Å². The molecule has 1 heterocycles. The van der Waals surface area contributed by atoms with Crippen molar-refractivity contribution in [1.29, 1.82) is 0 Å². The first-order chi connectivity index (χ1) is 21.8. The van der Waals surface area contributed by atoms with Crippen molar-refractivity contribution in [3.63, 3.8) is 0 Å². The molecule has 3 aromatic carbocycles. The number of rotatable bonds is 13. The molecule has 1 aliphatic heterocycles. The number of aliphatic hydroxyl groups is 1. The molecule has 0 saturated carbocycles. The molecule has 0 bridgehead atoms. The van der Waals surface area contributed by atoms with Crippen molar-refractivity contribution in [3.05, 3.63) is 95.1 Å². The van der Waals surface area contributed by atoms with E-state index < -0.39 is 17.7 Å². The van der Waals surface area contributed by atoms with Gasteiger partial charge in [-0.3, -0.25) is 9.59 Å². The van der Waals surface area contributed by atoms with Gasteiger partial charge in [0.15, 0.2) is 0 Å². The van der Waals surface area contributed by atoms with Crippen LogP contribution in [0.1, 0.15) is 85.7 Å². The summed E-state index contributed by atoms with van der Waals surface area (Å²) in [6.07, 6.45) is 2.88. The van der Waals surface area contributed by atoms with Crippen molar-refractivity contribution in [2.24, 2.45) is 5.41 Å². The number of carbonyl (C=O) groups is 2. The molecule has 0 unspecified atom stereocenters. The lowest BCUT2D eigenvalue weighted by atomic mass is 9.93. The number of aliphatic hydroxyl groups excluding tert-OH is 1. The first kappa shape index (κ1) is 35.0. The SMILES string of the molecule is COc1cccc(C(C)(C)NC[C@@H](O)[C@H](Cc2ccccc2)NC(=O)c2cc(C(=O)NCC(C)(C)C)cc(N3CCCCC3)c2)c1. The zero-order chi connectivity index (χ0) is 33.3. The summed E-state index contributed by atoms with van der Waals surface area (Å²) >= 11 is 0. The lowest BCUT2D eigenvalue weighted by Gasteiger charge is -2.32. The van der Waals surface area contributed by atoms with Crippen LogP contribution in [-0.2, 0) is 12.0 Å². The number of anilines is 1. The van der Waals surface area contributed by atoms with Gasteiger partial charge in [-0.2, -0.15) is 0 Å². The molecule has 0 radical (unpaired) electrons. The predicted octanol–water partition coefficient (Wildman–Crippen LogP) is 5.69. The van der Waals surface area contributed by atoms with E-state index in [1.54, 1.807) is 13.2 Å². The average molecular weight is 629 g/mol. The third kappa shape index (κ3) is 10.1. The van der Waals surface area contributed by atoms with Crippen LogP contribution in [0.4, 0.5) is 5.69 Å². The molecule has 2 atom stereocenters. The molecule has 0 aromatic heterocycles. The zero-order valence-electron chi connectivity index (χ0n) is 28.4. The van der Waals surface area contributed by atoms with E-state index in [0.717, 1.165) is 48.5 Å². The van der Waals surface area contributed by atoms with E-state index in [1.165, 1.54) is 6.42 Å². The quantitative estimate of drug-likeness (QED) is 0.194. The molecule has 1 fully saturated rings. The van der Waals surface area contributed by atoms with Gasteiger partial charge in [-0.15, -0.1) is 0 Å².